The van der Waals surface area contributed by atoms with Gasteiger partial charge < -0.3 is 16.0 Å². The van der Waals surface area contributed by atoms with E-state index in [-0.39, 0.29) is 11.4 Å². The lowest BCUT2D eigenvalue weighted by Crippen LogP contribution is -2.44. The molecule has 4 nitrogen and oxygen atoms in total. The molecule has 0 unspecified atom stereocenters. The van der Waals surface area contributed by atoms with E-state index in [2.05, 4.69) is 34.1 Å². The Morgan fingerprint density at radius 2 is 2.16 bits per heavy atom. The molecule has 0 atom stereocenters. The van der Waals surface area contributed by atoms with Gasteiger partial charge in [0.25, 0.3) is 0 Å². The van der Waals surface area contributed by atoms with E-state index in [4.69, 9.17) is 0 Å². The topological polar surface area (TPSA) is 53.2 Å². The molecule has 104 valence electrons. The van der Waals surface area contributed by atoms with Gasteiger partial charge in [0.15, 0.2) is 0 Å². The van der Waals surface area contributed by atoms with Crippen LogP contribution in [0.15, 0.2) is 18.2 Å². The number of anilines is 1. The van der Waals surface area contributed by atoms with E-state index in [1.54, 1.807) is 0 Å². The second kappa shape index (κ2) is 5.61. The minimum absolute atomic E-state index is 0.0352. The number of benzene rings is 1. The Morgan fingerprint density at radius 3 is 2.89 bits per heavy atom. The standard InChI is InChI=1S/C15H23N3O/c1-15(2,3)18-13(19)10-16-9-12-6-4-5-11-7-8-17-14(11)12/h4-6,16-17H,7-10H2,1-3H3,(H,18,19). The molecule has 0 saturated carbocycles. The van der Waals surface area contributed by atoms with Crippen molar-refractivity contribution in [2.24, 2.45) is 0 Å². The number of carbonyl (C=O) groups excluding carboxylic acids is 1. The number of fused-ring (bicyclic) bond motifs is 1. The van der Waals surface area contributed by atoms with Crippen LogP contribution in [0, 0.1) is 0 Å². The molecule has 0 spiro atoms. The summed E-state index contributed by atoms with van der Waals surface area (Å²) in [6.07, 6.45) is 1.09. The predicted molar refractivity (Wildman–Crippen MR) is 78.2 cm³/mol. The van der Waals surface area contributed by atoms with Gasteiger partial charge in [-0.2, -0.15) is 0 Å². The summed E-state index contributed by atoms with van der Waals surface area (Å²) in [5.41, 5.74) is 3.68. The summed E-state index contributed by atoms with van der Waals surface area (Å²) in [5.74, 6) is 0.0352. The molecule has 0 saturated heterocycles. The first-order chi connectivity index (χ1) is 8.96. The fourth-order valence-electron chi connectivity index (χ4n) is 2.33. The minimum atomic E-state index is -0.172. The molecular weight excluding hydrogens is 238 g/mol. The fourth-order valence-corrected chi connectivity index (χ4v) is 2.33. The van der Waals surface area contributed by atoms with Crippen LogP contribution >= 0.6 is 0 Å². The third-order valence-electron chi connectivity index (χ3n) is 3.05. The quantitative estimate of drug-likeness (QED) is 0.772. The van der Waals surface area contributed by atoms with Crippen LogP contribution in [-0.4, -0.2) is 24.5 Å². The molecule has 1 aromatic carbocycles. The molecule has 1 aliphatic heterocycles. The number of hydrogen-bond donors (Lipinski definition) is 3. The Labute approximate surface area is 115 Å². The number of carbonyl (C=O) groups is 1. The van der Waals surface area contributed by atoms with Crippen molar-refractivity contribution in [3.05, 3.63) is 29.3 Å². The highest BCUT2D eigenvalue weighted by atomic mass is 16.2. The molecule has 1 amide bonds. The van der Waals surface area contributed by atoms with Gasteiger partial charge in [0.1, 0.15) is 0 Å². The lowest BCUT2D eigenvalue weighted by molar-refractivity contribution is -0.121. The first-order valence-electron chi connectivity index (χ1n) is 6.82. The molecule has 2 rings (SSSR count). The summed E-state index contributed by atoms with van der Waals surface area (Å²) < 4.78 is 0. The van der Waals surface area contributed by atoms with Crippen molar-refractivity contribution in [1.29, 1.82) is 0 Å². The predicted octanol–water partition coefficient (Wildman–Crippen LogP) is 1.66. The van der Waals surface area contributed by atoms with Gasteiger partial charge in [-0.15, -0.1) is 0 Å². The summed E-state index contributed by atoms with van der Waals surface area (Å²) >= 11 is 0. The maximum absolute atomic E-state index is 11.7. The zero-order chi connectivity index (χ0) is 13.9. The molecule has 0 aliphatic carbocycles. The van der Waals surface area contributed by atoms with Gasteiger partial charge in [-0.05, 0) is 38.3 Å². The highest BCUT2D eigenvalue weighted by molar-refractivity contribution is 5.78. The zero-order valence-corrected chi connectivity index (χ0v) is 12.0. The van der Waals surface area contributed by atoms with Crippen molar-refractivity contribution in [2.75, 3.05) is 18.4 Å². The summed E-state index contributed by atoms with van der Waals surface area (Å²) in [4.78, 5) is 11.7. The van der Waals surface area contributed by atoms with Crippen molar-refractivity contribution < 1.29 is 4.79 Å². The molecule has 0 radical (unpaired) electrons. The molecule has 19 heavy (non-hydrogen) atoms. The van der Waals surface area contributed by atoms with E-state index in [0.717, 1.165) is 13.0 Å². The van der Waals surface area contributed by atoms with Gasteiger partial charge in [0, 0.05) is 24.3 Å². The fraction of sp³-hybridized carbons (Fsp3) is 0.533. The van der Waals surface area contributed by atoms with Crippen LogP contribution in [0.5, 0.6) is 0 Å². The average molecular weight is 261 g/mol. The van der Waals surface area contributed by atoms with Gasteiger partial charge in [-0.3, -0.25) is 4.79 Å². The van der Waals surface area contributed by atoms with E-state index in [1.165, 1.54) is 16.8 Å². The van der Waals surface area contributed by atoms with Crippen LogP contribution in [0.1, 0.15) is 31.9 Å². The summed E-state index contributed by atoms with van der Waals surface area (Å²) in [7, 11) is 0. The van der Waals surface area contributed by atoms with Gasteiger partial charge in [-0.25, -0.2) is 0 Å². The Kier molecular flexibility index (Phi) is 4.10. The minimum Gasteiger partial charge on any atom is -0.384 e. The van der Waals surface area contributed by atoms with Gasteiger partial charge in [0.2, 0.25) is 5.91 Å². The van der Waals surface area contributed by atoms with E-state index < -0.39 is 0 Å². The summed E-state index contributed by atoms with van der Waals surface area (Å²) in [6, 6.07) is 6.34. The normalized spacial score (nSPS) is 13.8. The zero-order valence-electron chi connectivity index (χ0n) is 12.0. The van der Waals surface area contributed by atoms with Crippen molar-refractivity contribution in [1.82, 2.24) is 10.6 Å². The number of amides is 1. The monoisotopic (exact) mass is 261 g/mol. The van der Waals surface area contributed by atoms with Crippen LogP contribution in [0.3, 0.4) is 0 Å². The van der Waals surface area contributed by atoms with Crippen molar-refractivity contribution in [2.45, 2.75) is 39.3 Å². The van der Waals surface area contributed by atoms with Crippen molar-refractivity contribution in [3.8, 4) is 0 Å². The Morgan fingerprint density at radius 1 is 1.37 bits per heavy atom. The first kappa shape index (κ1) is 13.9. The highest BCUT2D eigenvalue weighted by Crippen LogP contribution is 2.25. The average Bonchev–Trinajstić information content (AvgIpc) is 2.75. The summed E-state index contributed by atoms with van der Waals surface area (Å²) in [6.45, 7) is 8.03. The number of rotatable bonds is 4. The maximum atomic E-state index is 11.7. The largest absolute Gasteiger partial charge is 0.384 e. The lowest BCUT2D eigenvalue weighted by Gasteiger charge is -2.20. The maximum Gasteiger partial charge on any atom is 0.234 e. The molecule has 1 aromatic rings. The van der Waals surface area contributed by atoms with E-state index in [1.807, 2.05) is 20.8 Å². The number of para-hydroxylation sites is 1. The molecule has 0 fully saturated rings. The van der Waals surface area contributed by atoms with Crippen molar-refractivity contribution in [3.63, 3.8) is 0 Å². The molecule has 0 aromatic heterocycles. The molecule has 1 aliphatic rings. The second-order valence-electron chi connectivity index (χ2n) is 6.03. The third kappa shape index (κ3) is 3.96. The van der Waals surface area contributed by atoms with E-state index >= 15 is 0 Å². The van der Waals surface area contributed by atoms with Crippen LogP contribution in [-0.2, 0) is 17.8 Å². The molecule has 1 heterocycles. The van der Waals surface area contributed by atoms with E-state index in [0.29, 0.717) is 13.1 Å². The third-order valence-corrected chi connectivity index (χ3v) is 3.05. The van der Waals surface area contributed by atoms with Crippen LogP contribution in [0.2, 0.25) is 0 Å². The van der Waals surface area contributed by atoms with Crippen LogP contribution in [0.25, 0.3) is 0 Å². The van der Waals surface area contributed by atoms with Crippen LogP contribution in [0.4, 0.5) is 5.69 Å². The Bertz CT molecular complexity index is 463. The van der Waals surface area contributed by atoms with E-state index in [9.17, 15) is 4.79 Å². The lowest BCUT2D eigenvalue weighted by atomic mass is 10.1. The number of nitrogens with one attached hydrogen (secondary N) is 3. The van der Waals surface area contributed by atoms with Gasteiger partial charge in [0.05, 0.1) is 6.54 Å². The summed E-state index contributed by atoms with van der Waals surface area (Å²) in [5, 5.41) is 9.55. The highest BCUT2D eigenvalue weighted by Gasteiger charge is 2.15. The van der Waals surface area contributed by atoms with Gasteiger partial charge >= 0.3 is 0 Å². The SMILES string of the molecule is CC(C)(C)NC(=O)CNCc1cccc2c1NCC2. The molecule has 4 heteroatoms. The van der Waals surface area contributed by atoms with Crippen LogP contribution < -0.4 is 16.0 Å². The second-order valence-corrected chi connectivity index (χ2v) is 6.03. The number of hydrogen-bond acceptors (Lipinski definition) is 3. The van der Waals surface area contributed by atoms with Crippen molar-refractivity contribution >= 4 is 11.6 Å². The Hall–Kier alpha value is -1.55. The molecule has 0 bridgehead atoms. The van der Waals surface area contributed by atoms with Gasteiger partial charge in [-0.1, -0.05) is 18.2 Å². The smallest absolute Gasteiger partial charge is 0.234 e. The molecular formula is C15H23N3O. The first-order valence-corrected chi connectivity index (χ1v) is 6.82. The Balaban J connectivity index is 1.84. The molecule has 3 N–H and O–H groups in total.